The molecule has 0 unspecified atom stereocenters. The van der Waals surface area contributed by atoms with E-state index in [1.54, 1.807) is 6.41 Å². The molecule has 0 saturated carbocycles. The molecule has 3 nitrogen and oxygen atoms in total. The Morgan fingerprint density at radius 2 is 2.25 bits per heavy atom. The lowest BCUT2D eigenvalue weighted by Crippen LogP contribution is -2.17. The maximum absolute atomic E-state index is 9.51. The summed E-state index contributed by atoms with van der Waals surface area (Å²) in [6, 6.07) is 0. The summed E-state index contributed by atoms with van der Waals surface area (Å²) in [5, 5.41) is 5.39. The zero-order chi connectivity index (χ0) is 6.24. The molecule has 0 aliphatic heterocycles. The fourth-order valence-electron chi connectivity index (χ4n) is 0.405. The van der Waals surface area contributed by atoms with Crippen LogP contribution in [0.25, 0.3) is 0 Å². The van der Waals surface area contributed by atoms with E-state index < -0.39 is 0 Å². The maximum atomic E-state index is 9.51. The van der Waals surface area contributed by atoms with E-state index in [0.717, 1.165) is 13.0 Å². The van der Waals surface area contributed by atoms with E-state index >= 15 is 0 Å². The normalized spacial score (nSPS) is 8.62. The van der Waals surface area contributed by atoms with E-state index in [0.29, 0.717) is 6.54 Å². The van der Waals surface area contributed by atoms with Crippen LogP contribution in [0.5, 0.6) is 0 Å². The van der Waals surface area contributed by atoms with Crippen LogP contribution in [0, 0.1) is 0 Å². The number of amides is 1. The first-order valence-corrected chi connectivity index (χ1v) is 2.66. The largest absolute Gasteiger partial charge is 0.348 e. The highest BCUT2D eigenvalue weighted by Crippen LogP contribution is 1.67. The molecule has 0 saturated heterocycles. The molecular formula is C5H11N2O. The molecule has 0 aromatic carbocycles. The predicted molar refractivity (Wildman–Crippen MR) is 32.2 cm³/mol. The van der Waals surface area contributed by atoms with Gasteiger partial charge in [-0.3, -0.25) is 4.79 Å². The van der Waals surface area contributed by atoms with Crippen molar-refractivity contribution in [3.8, 4) is 0 Å². The van der Waals surface area contributed by atoms with Crippen LogP contribution in [0.4, 0.5) is 0 Å². The second kappa shape index (κ2) is 6.43. The molecular weight excluding hydrogens is 104 g/mol. The SMILES string of the molecule is CNCCCN[C]=O. The molecule has 47 valence electrons. The third-order valence-corrected chi connectivity index (χ3v) is 0.801. The van der Waals surface area contributed by atoms with Gasteiger partial charge in [0.15, 0.2) is 0 Å². The summed E-state index contributed by atoms with van der Waals surface area (Å²) in [4.78, 5) is 9.51. The smallest absolute Gasteiger partial charge is 0.309 e. The Balaban J connectivity index is 2.62. The molecule has 0 fully saturated rings. The van der Waals surface area contributed by atoms with Crippen LogP contribution in [0.15, 0.2) is 0 Å². The van der Waals surface area contributed by atoms with Crippen molar-refractivity contribution in [1.82, 2.24) is 10.6 Å². The summed E-state index contributed by atoms with van der Waals surface area (Å²) in [6.07, 6.45) is 2.56. The molecule has 0 atom stereocenters. The Bertz CT molecular complexity index is 56.4. The highest BCUT2D eigenvalue weighted by atomic mass is 16.1. The van der Waals surface area contributed by atoms with Crippen LogP contribution < -0.4 is 10.6 Å². The third-order valence-electron chi connectivity index (χ3n) is 0.801. The maximum Gasteiger partial charge on any atom is 0.309 e. The van der Waals surface area contributed by atoms with Gasteiger partial charge in [-0.1, -0.05) is 0 Å². The van der Waals surface area contributed by atoms with Gasteiger partial charge in [-0.05, 0) is 20.0 Å². The molecule has 0 aromatic rings. The van der Waals surface area contributed by atoms with E-state index in [4.69, 9.17) is 0 Å². The van der Waals surface area contributed by atoms with Gasteiger partial charge in [0, 0.05) is 6.54 Å². The molecule has 0 bridgehead atoms. The van der Waals surface area contributed by atoms with Crippen molar-refractivity contribution in [2.75, 3.05) is 20.1 Å². The first-order valence-electron chi connectivity index (χ1n) is 2.66. The third kappa shape index (κ3) is 5.43. The number of rotatable bonds is 5. The van der Waals surface area contributed by atoms with Gasteiger partial charge in [0.05, 0.1) is 0 Å². The highest BCUT2D eigenvalue weighted by Gasteiger charge is 1.80. The van der Waals surface area contributed by atoms with Gasteiger partial charge in [-0.15, -0.1) is 0 Å². The van der Waals surface area contributed by atoms with E-state index in [-0.39, 0.29) is 0 Å². The van der Waals surface area contributed by atoms with Crippen LogP contribution in [-0.2, 0) is 4.79 Å². The average Bonchev–Trinajstić information content (AvgIpc) is 1.81. The molecule has 8 heavy (non-hydrogen) atoms. The number of carbonyl (C=O) groups excluding carboxylic acids is 1. The van der Waals surface area contributed by atoms with Crippen molar-refractivity contribution in [2.45, 2.75) is 6.42 Å². The summed E-state index contributed by atoms with van der Waals surface area (Å²) in [6.45, 7) is 1.65. The second-order valence-corrected chi connectivity index (χ2v) is 1.49. The molecule has 1 radical (unpaired) electrons. The van der Waals surface area contributed by atoms with Crippen LogP contribution in [0.3, 0.4) is 0 Å². The van der Waals surface area contributed by atoms with Crippen LogP contribution >= 0.6 is 0 Å². The number of nitrogens with one attached hydrogen (secondary N) is 2. The molecule has 0 rings (SSSR count). The van der Waals surface area contributed by atoms with Crippen molar-refractivity contribution in [1.29, 1.82) is 0 Å². The fraction of sp³-hybridized carbons (Fsp3) is 0.800. The molecule has 2 N–H and O–H groups in total. The minimum absolute atomic E-state index is 0.713. The fourth-order valence-corrected chi connectivity index (χ4v) is 0.405. The van der Waals surface area contributed by atoms with Gasteiger partial charge in [0.2, 0.25) is 0 Å². The number of hydrogen-bond donors (Lipinski definition) is 2. The molecule has 3 heteroatoms. The molecule has 0 spiro atoms. The summed E-state index contributed by atoms with van der Waals surface area (Å²) >= 11 is 0. The lowest BCUT2D eigenvalue weighted by Gasteiger charge is -1.94. The molecule has 1 amide bonds. The minimum atomic E-state index is 0.713. The van der Waals surface area contributed by atoms with E-state index in [9.17, 15) is 4.79 Å². The van der Waals surface area contributed by atoms with Crippen LogP contribution in [0.2, 0.25) is 0 Å². The second-order valence-electron chi connectivity index (χ2n) is 1.49. The zero-order valence-electron chi connectivity index (χ0n) is 5.03. The highest BCUT2D eigenvalue weighted by molar-refractivity contribution is 5.46. The minimum Gasteiger partial charge on any atom is -0.348 e. The lowest BCUT2D eigenvalue weighted by atomic mass is 10.4. The van der Waals surface area contributed by atoms with Crippen molar-refractivity contribution in [3.63, 3.8) is 0 Å². The topological polar surface area (TPSA) is 41.1 Å². The average molecular weight is 115 g/mol. The van der Waals surface area contributed by atoms with Gasteiger partial charge < -0.3 is 10.6 Å². The number of hydrogen-bond acceptors (Lipinski definition) is 2. The van der Waals surface area contributed by atoms with Gasteiger partial charge in [-0.25, -0.2) is 0 Å². The van der Waals surface area contributed by atoms with Crippen LogP contribution in [0.1, 0.15) is 6.42 Å². The van der Waals surface area contributed by atoms with Gasteiger partial charge in [0.25, 0.3) is 0 Å². The molecule has 0 aliphatic carbocycles. The Morgan fingerprint density at radius 3 is 2.75 bits per heavy atom. The standard InChI is InChI=1S/C5H11N2O/c1-6-3-2-4-7-5-8/h6H,2-4H2,1H3,(H,7,8). The lowest BCUT2D eigenvalue weighted by molar-refractivity contribution is 0.539. The van der Waals surface area contributed by atoms with E-state index in [1.807, 2.05) is 7.05 Å². The predicted octanol–water partition coefficient (Wildman–Crippen LogP) is -0.747. The Kier molecular flexibility index (Phi) is 5.97. The first-order chi connectivity index (χ1) is 3.91. The van der Waals surface area contributed by atoms with Gasteiger partial charge in [0.1, 0.15) is 0 Å². The summed E-state index contributed by atoms with van der Waals surface area (Å²) < 4.78 is 0. The van der Waals surface area contributed by atoms with E-state index in [2.05, 4.69) is 10.6 Å². The molecule has 0 heterocycles. The van der Waals surface area contributed by atoms with Crippen molar-refractivity contribution < 1.29 is 4.79 Å². The Hall–Kier alpha value is -0.570. The Labute approximate surface area is 49.5 Å². The van der Waals surface area contributed by atoms with Crippen molar-refractivity contribution in [2.24, 2.45) is 0 Å². The van der Waals surface area contributed by atoms with Crippen molar-refractivity contribution in [3.05, 3.63) is 0 Å². The van der Waals surface area contributed by atoms with E-state index in [1.165, 1.54) is 0 Å². The first kappa shape index (κ1) is 7.43. The summed E-state index contributed by atoms with van der Waals surface area (Å²) in [5.41, 5.74) is 0. The zero-order valence-corrected chi connectivity index (χ0v) is 5.03. The van der Waals surface area contributed by atoms with Crippen LogP contribution in [-0.4, -0.2) is 26.5 Å². The van der Waals surface area contributed by atoms with Gasteiger partial charge in [-0.2, -0.15) is 0 Å². The van der Waals surface area contributed by atoms with Crippen molar-refractivity contribution >= 4 is 6.41 Å². The monoisotopic (exact) mass is 115 g/mol. The Morgan fingerprint density at radius 1 is 1.50 bits per heavy atom. The summed E-state index contributed by atoms with van der Waals surface area (Å²) in [7, 11) is 1.88. The van der Waals surface area contributed by atoms with Gasteiger partial charge >= 0.3 is 6.41 Å². The molecule has 0 aliphatic rings. The molecule has 0 aromatic heterocycles. The quantitative estimate of drug-likeness (QED) is 0.366. The summed E-state index contributed by atoms with van der Waals surface area (Å²) in [5.74, 6) is 0.